The number of likely N-dealkylation sites (N-methyl/N-ethyl adjacent to an activating group) is 1. The van der Waals surface area contributed by atoms with Gasteiger partial charge in [0, 0.05) is 29.2 Å². The number of halogens is 1. The molecule has 1 N–H and O–H groups in total. The van der Waals surface area contributed by atoms with E-state index in [1.54, 1.807) is 11.8 Å². The van der Waals surface area contributed by atoms with Crippen molar-refractivity contribution in [1.82, 2.24) is 20.1 Å². The molecule has 0 spiro atoms. The van der Waals surface area contributed by atoms with Gasteiger partial charge in [-0.3, -0.25) is 4.98 Å². The highest BCUT2D eigenvalue weighted by atomic mass is 35.5. The van der Waals surface area contributed by atoms with E-state index in [0.717, 1.165) is 44.7 Å². The highest BCUT2D eigenvalue weighted by Gasteiger charge is 2.41. The van der Waals surface area contributed by atoms with Gasteiger partial charge in [-0.15, -0.1) is 0 Å². The Balaban J connectivity index is 1.62. The van der Waals surface area contributed by atoms with Gasteiger partial charge in [0.05, 0.1) is 11.7 Å². The zero-order chi connectivity index (χ0) is 21.1. The summed E-state index contributed by atoms with van der Waals surface area (Å²) in [5.41, 5.74) is 0.945. The van der Waals surface area contributed by atoms with Crippen LogP contribution in [0, 0.1) is 0 Å². The summed E-state index contributed by atoms with van der Waals surface area (Å²) in [7, 11) is 4.12. The van der Waals surface area contributed by atoms with Gasteiger partial charge in [0.1, 0.15) is 11.8 Å². The number of aromatic nitrogens is 1. The van der Waals surface area contributed by atoms with E-state index in [1.807, 2.05) is 60.8 Å². The Morgan fingerprint density at radius 2 is 1.97 bits per heavy atom. The van der Waals surface area contributed by atoms with Crippen LogP contribution < -0.4 is 5.32 Å². The van der Waals surface area contributed by atoms with Crippen molar-refractivity contribution in [3.8, 4) is 0 Å². The second-order valence-electron chi connectivity index (χ2n) is 7.34. The van der Waals surface area contributed by atoms with E-state index in [2.05, 4.69) is 34.2 Å². The Morgan fingerprint density at radius 3 is 2.67 bits per heavy atom. The van der Waals surface area contributed by atoms with E-state index in [0.29, 0.717) is 0 Å². The smallest absolute Gasteiger partial charge is 0.170 e. The summed E-state index contributed by atoms with van der Waals surface area (Å²) >= 11 is 13.2. The fourth-order valence-electron chi connectivity index (χ4n) is 3.43. The summed E-state index contributed by atoms with van der Waals surface area (Å²) in [4.78, 5) is 9.99. The molecule has 3 aromatic rings. The number of nitrogens with one attached hydrogen (secondary N) is 1. The zero-order valence-corrected chi connectivity index (χ0v) is 19.2. The standard InChI is InChI=1S/C22H23ClN4OS2/c1-26(2)13-14-27-21(20(25-22(27)29)17-5-3-4-12-24-17)18-10-11-19(28-18)30-16-8-6-15(23)7-9-16/h3-12,20-21H,13-14H2,1-2H3,(H,25,29). The van der Waals surface area contributed by atoms with Crippen molar-refractivity contribution in [3.05, 3.63) is 77.3 Å². The molecule has 3 heterocycles. The molecule has 0 saturated carbocycles. The molecule has 2 atom stereocenters. The number of rotatable bonds is 7. The van der Waals surface area contributed by atoms with Gasteiger partial charge in [-0.05, 0) is 74.8 Å². The molecule has 30 heavy (non-hydrogen) atoms. The first-order valence-corrected chi connectivity index (χ1v) is 11.3. The van der Waals surface area contributed by atoms with Crippen molar-refractivity contribution < 1.29 is 4.42 Å². The van der Waals surface area contributed by atoms with Crippen LogP contribution in [0.2, 0.25) is 5.02 Å². The van der Waals surface area contributed by atoms with E-state index < -0.39 is 0 Å². The van der Waals surface area contributed by atoms with Crippen LogP contribution in [0.4, 0.5) is 0 Å². The summed E-state index contributed by atoms with van der Waals surface area (Å²) in [6.07, 6.45) is 1.81. The first kappa shape index (κ1) is 21.2. The zero-order valence-electron chi connectivity index (χ0n) is 16.8. The molecule has 156 valence electrons. The van der Waals surface area contributed by atoms with Crippen molar-refractivity contribution in [1.29, 1.82) is 0 Å². The predicted octanol–water partition coefficient (Wildman–Crippen LogP) is 5.01. The van der Waals surface area contributed by atoms with Crippen molar-refractivity contribution >= 4 is 40.7 Å². The fourth-order valence-corrected chi connectivity index (χ4v) is 4.67. The maximum atomic E-state index is 6.29. The molecule has 1 aromatic carbocycles. The SMILES string of the molecule is CN(C)CCN1C(=S)NC(c2ccccn2)C1c1ccc(Sc2ccc(Cl)cc2)o1. The van der Waals surface area contributed by atoms with Crippen LogP contribution in [0.15, 0.2) is 75.2 Å². The minimum absolute atomic E-state index is 0.0630. The fraction of sp³-hybridized carbons (Fsp3) is 0.273. The largest absolute Gasteiger partial charge is 0.452 e. The van der Waals surface area contributed by atoms with E-state index in [1.165, 1.54) is 0 Å². The first-order valence-electron chi connectivity index (χ1n) is 9.67. The average Bonchev–Trinajstić information content (AvgIpc) is 3.32. The number of thiocarbonyl (C=S) groups is 1. The molecular weight excluding hydrogens is 436 g/mol. The Morgan fingerprint density at radius 1 is 1.17 bits per heavy atom. The van der Waals surface area contributed by atoms with Crippen LogP contribution in [-0.2, 0) is 0 Å². The van der Waals surface area contributed by atoms with Gasteiger partial charge in [-0.2, -0.15) is 0 Å². The maximum Gasteiger partial charge on any atom is 0.170 e. The quantitative estimate of drug-likeness (QED) is 0.499. The number of pyridine rings is 1. The lowest BCUT2D eigenvalue weighted by molar-refractivity contribution is 0.239. The number of hydrogen-bond acceptors (Lipinski definition) is 5. The van der Waals surface area contributed by atoms with Gasteiger partial charge < -0.3 is 19.5 Å². The van der Waals surface area contributed by atoms with Crippen molar-refractivity contribution in [3.63, 3.8) is 0 Å². The lowest BCUT2D eigenvalue weighted by Crippen LogP contribution is -2.35. The first-order chi connectivity index (χ1) is 14.5. The van der Waals surface area contributed by atoms with Crippen LogP contribution in [-0.4, -0.2) is 47.1 Å². The second kappa shape index (κ2) is 9.39. The molecule has 8 heteroatoms. The third kappa shape index (κ3) is 4.81. The lowest BCUT2D eigenvalue weighted by Gasteiger charge is -2.27. The molecule has 0 radical (unpaired) electrons. The molecule has 1 fully saturated rings. The summed E-state index contributed by atoms with van der Waals surface area (Å²) in [5.74, 6) is 0.869. The monoisotopic (exact) mass is 458 g/mol. The molecule has 1 aliphatic rings. The van der Waals surface area contributed by atoms with E-state index >= 15 is 0 Å². The summed E-state index contributed by atoms with van der Waals surface area (Å²) in [5, 5.41) is 5.73. The van der Waals surface area contributed by atoms with Gasteiger partial charge in [-0.1, -0.05) is 29.4 Å². The average molecular weight is 459 g/mol. The normalized spacial score (nSPS) is 18.8. The second-order valence-corrected chi connectivity index (χ2v) is 9.24. The lowest BCUT2D eigenvalue weighted by atomic mass is 10.0. The molecule has 2 aromatic heterocycles. The van der Waals surface area contributed by atoms with Crippen LogP contribution in [0.5, 0.6) is 0 Å². The molecule has 1 aliphatic heterocycles. The van der Waals surface area contributed by atoms with Gasteiger partial charge in [-0.25, -0.2) is 0 Å². The Bertz CT molecular complexity index is 994. The molecule has 0 bridgehead atoms. The number of hydrogen-bond donors (Lipinski definition) is 1. The summed E-state index contributed by atoms with van der Waals surface area (Å²) in [6.45, 7) is 1.69. The highest BCUT2D eigenvalue weighted by Crippen LogP contribution is 2.41. The molecule has 0 amide bonds. The predicted molar refractivity (Wildman–Crippen MR) is 125 cm³/mol. The number of nitrogens with zero attached hydrogens (tertiary/aromatic N) is 3. The molecule has 5 nitrogen and oxygen atoms in total. The molecular formula is C22H23ClN4OS2. The van der Waals surface area contributed by atoms with E-state index in [4.69, 9.17) is 28.2 Å². The van der Waals surface area contributed by atoms with Gasteiger partial charge in [0.2, 0.25) is 0 Å². The molecule has 1 saturated heterocycles. The van der Waals surface area contributed by atoms with E-state index in [9.17, 15) is 0 Å². The molecule has 0 aliphatic carbocycles. The van der Waals surface area contributed by atoms with Crippen molar-refractivity contribution in [2.24, 2.45) is 0 Å². The highest BCUT2D eigenvalue weighted by molar-refractivity contribution is 7.99. The van der Waals surface area contributed by atoms with Gasteiger partial charge in [0.25, 0.3) is 0 Å². The van der Waals surface area contributed by atoms with Crippen LogP contribution in [0.25, 0.3) is 0 Å². The van der Waals surface area contributed by atoms with E-state index in [-0.39, 0.29) is 12.1 Å². The minimum Gasteiger partial charge on any atom is -0.452 e. The Labute approximate surface area is 191 Å². The number of furan rings is 1. The summed E-state index contributed by atoms with van der Waals surface area (Å²) in [6, 6.07) is 17.6. The number of benzene rings is 1. The van der Waals surface area contributed by atoms with Crippen LogP contribution in [0.1, 0.15) is 23.5 Å². The van der Waals surface area contributed by atoms with Crippen molar-refractivity contribution in [2.45, 2.75) is 22.1 Å². The maximum absolute atomic E-state index is 6.29. The topological polar surface area (TPSA) is 44.5 Å². The Hall–Kier alpha value is -2.06. The van der Waals surface area contributed by atoms with Gasteiger partial charge in [0.15, 0.2) is 10.2 Å². The van der Waals surface area contributed by atoms with Gasteiger partial charge >= 0.3 is 0 Å². The third-order valence-corrected chi connectivity index (χ3v) is 6.44. The Kier molecular flexibility index (Phi) is 6.63. The van der Waals surface area contributed by atoms with Crippen molar-refractivity contribution in [2.75, 3.05) is 27.2 Å². The van der Waals surface area contributed by atoms with Crippen LogP contribution >= 0.6 is 35.6 Å². The molecule has 2 unspecified atom stereocenters. The van der Waals surface area contributed by atoms with Crippen LogP contribution in [0.3, 0.4) is 0 Å². The minimum atomic E-state index is -0.0691. The summed E-state index contributed by atoms with van der Waals surface area (Å²) < 4.78 is 6.29. The molecule has 4 rings (SSSR count). The third-order valence-electron chi connectivity index (χ3n) is 4.91.